The van der Waals surface area contributed by atoms with Crippen molar-refractivity contribution >= 4 is 44.3 Å². The summed E-state index contributed by atoms with van der Waals surface area (Å²) in [6.07, 6.45) is 1.33. The zero-order valence-electron chi connectivity index (χ0n) is 14.1. The number of hydrogen-bond acceptors (Lipinski definition) is 9. The molecule has 0 saturated heterocycles. The second kappa shape index (κ2) is 6.74. The lowest BCUT2D eigenvalue weighted by molar-refractivity contribution is 0.0438. The summed E-state index contributed by atoms with van der Waals surface area (Å²) in [6, 6.07) is 3.70. The van der Waals surface area contributed by atoms with Crippen molar-refractivity contribution in [3.05, 3.63) is 49.8 Å². The standard InChI is InChI=1S/C16H11BrN4O5S/c1-7-11(12-14(25-7)18-6-21(2)15(12)22)16(23)24-5-10-19-20-13(26-10)8-3-4-9(17)27-8/h3-4,6H,5H2,1-2H3. The molecule has 0 radical (unpaired) electrons. The minimum Gasteiger partial charge on any atom is -0.452 e. The van der Waals surface area contributed by atoms with E-state index in [-0.39, 0.29) is 34.9 Å². The number of furan rings is 1. The molecule has 0 saturated carbocycles. The third kappa shape index (κ3) is 3.19. The molecule has 4 heterocycles. The lowest BCUT2D eigenvalue weighted by Gasteiger charge is -2.01. The predicted octanol–water partition coefficient (Wildman–Crippen LogP) is 3.07. The van der Waals surface area contributed by atoms with E-state index in [1.165, 1.54) is 29.3 Å². The number of hydrogen-bond donors (Lipinski definition) is 0. The Labute approximate surface area is 163 Å². The molecule has 0 aliphatic rings. The molecule has 0 aliphatic carbocycles. The summed E-state index contributed by atoms with van der Waals surface area (Å²) in [6.45, 7) is 1.34. The molecule has 4 aromatic heterocycles. The maximum absolute atomic E-state index is 12.5. The Balaban J connectivity index is 1.56. The third-order valence-electron chi connectivity index (χ3n) is 3.73. The smallest absolute Gasteiger partial charge is 0.343 e. The normalized spacial score (nSPS) is 11.2. The van der Waals surface area contributed by atoms with E-state index < -0.39 is 11.5 Å². The number of fused-ring (bicyclic) bond motifs is 1. The van der Waals surface area contributed by atoms with E-state index in [9.17, 15) is 9.59 Å². The molecule has 9 nitrogen and oxygen atoms in total. The van der Waals surface area contributed by atoms with Crippen molar-refractivity contribution < 1.29 is 18.4 Å². The van der Waals surface area contributed by atoms with Gasteiger partial charge in [0.2, 0.25) is 5.71 Å². The van der Waals surface area contributed by atoms with Crippen LogP contribution in [0.5, 0.6) is 0 Å². The van der Waals surface area contributed by atoms with E-state index in [0.717, 1.165) is 8.66 Å². The van der Waals surface area contributed by atoms with Crippen LogP contribution >= 0.6 is 27.3 Å². The molecule has 0 atom stereocenters. The Morgan fingerprint density at radius 2 is 2.15 bits per heavy atom. The number of nitrogens with zero attached hydrogens (tertiary/aromatic N) is 4. The summed E-state index contributed by atoms with van der Waals surface area (Å²) in [5, 5.41) is 7.88. The highest BCUT2D eigenvalue weighted by atomic mass is 79.9. The van der Waals surface area contributed by atoms with Crippen molar-refractivity contribution in [2.24, 2.45) is 7.05 Å². The monoisotopic (exact) mass is 450 g/mol. The number of rotatable bonds is 4. The summed E-state index contributed by atoms with van der Waals surface area (Å²) < 4.78 is 18.3. The summed E-state index contributed by atoms with van der Waals surface area (Å²) in [5.74, 6) is -0.00506. The Kier molecular flexibility index (Phi) is 4.40. The zero-order valence-corrected chi connectivity index (χ0v) is 16.5. The van der Waals surface area contributed by atoms with Crippen molar-refractivity contribution in [1.29, 1.82) is 0 Å². The van der Waals surface area contributed by atoms with E-state index in [4.69, 9.17) is 13.6 Å². The Hall–Kier alpha value is -2.79. The molecule has 138 valence electrons. The fraction of sp³-hybridized carbons (Fsp3) is 0.188. The molecule has 0 N–H and O–H groups in total. The van der Waals surface area contributed by atoms with Gasteiger partial charge in [0.25, 0.3) is 17.3 Å². The van der Waals surface area contributed by atoms with Gasteiger partial charge in [-0.25, -0.2) is 9.78 Å². The molecule has 0 fully saturated rings. The highest BCUT2D eigenvalue weighted by Gasteiger charge is 2.24. The van der Waals surface area contributed by atoms with Crippen LogP contribution in [0.1, 0.15) is 22.0 Å². The maximum atomic E-state index is 12.5. The largest absolute Gasteiger partial charge is 0.452 e. The molecule has 0 bridgehead atoms. The quantitative estimate of drug-likeness (QED) is 0.435. The lowest BCUT2D eigenvalue weighted by Crippen LogP contribution is -2.19. The molecule has 4 aromatic rings. The summed E-state index contributed by atoms with van der Waals surface area (Å²) >= 11 is 4.80. The number of carbonyl (C=O) groups is 1. The maximum Gasteiger partial charge on any atom is 0.343 e. The van der Waals surface area contributed by atoms with Crippen LogP contribution < -0.4 is 5.56 Å². The van der Waals surface area contributed by atoms with Gasteiger partial charge in [-0.15, -0.1) is 21.5 Å². The first-order chi connectivity index (χ1) is 12.9. The number of aryl methyl sites for hydroxylation is 2. The minimum atomic E-state index is -0.727. The van der Waals surface area contributed by atoms with E-state index in [2.05, 4.69) is 31.1 Å². The second-order valence-corrected chi connectivity index (χ2v) is 8.02. The van der Waals surface area contributed by atoms with Crippen LogP contribution in [0, 0.1) is 6.92 Å². The summed E-state index contributed by atoms with van der Waals surface area (Å²) in [5.41, 5.74) is -0.265. The van der Waals surface area contributed by atoms with Crippen molar-refractivity contribution in [3.8, 4) is 10.8 Å². The van der Waals surface area contributed by atoms with Gasteiger partial charge < -0.3 is 18.1 Å². The number of ether oxygens (including phenoxy) is 1. The molecule has 0 spiro atoms. The van der Waals surface area contributed by atoms with Gasteiger partial charge in [0.1, 0.15) is 23.0 Å². The van der Waals surface area contributed by atoms with Crippen LogP contribution in [0.3, 0.4) is 0 Å². The van der Waals surface area contributed by atoms with Gasteiger partial charge in [0, 0.05) is 7.05 Å². The van der Waals surface area contributed by atoms with E-state index in [1.54, 1.807) is 6.92 Å². The van der Waals surface area contributed by atoms with Crippen LogP contribution in [-0.2, 0) is 18.4 Å². The van der Waals surface area contributed by atoms with Crippen LogP contribution in [0.2, 0.25) is 0 Å². The molecule has 0 aliphatic heterocycles. The fourth-order valence-electron chi connectivity index (χ4n) is 2.47. The van der Waals surface area contributed by atoms with Crippen molar-refractivity contribution in [2.75, 3.05) is 0 Å². The first kappa shape index (κ1) is 17.6. The highest BCUT2D eigenvalue weighted by molar-refractivity contribution is 9.11. The second-order valence-electron chi connectivity index (χ2n) is 5.55. The molecule has 4 rings (SSSR count). The van der Waals surface area contributed by atoms with Gasteiger partial charge in [-0.2, -0.15) is 0 Å². The molecule has 0 unspecified atom stereocenters. The van der Waals surface area contributed by atoms with E-state index in [1.807, 2.05) is 12.1 Å². The Morgan fingerprint density at radius 1 is 1.33 bits per heavy atom. The van der Waals surface area contributed by atoms with Crippen LogP contribution in [0.25, 0.3) is 21.9 Å². The van der Waals surface area contributed by atoms with Gasteiger partial charge in [0.05, 0.1) is 8.66 Å². The van der Waals surface area contributed by atoms with Crippen molar-refractivity contribution in [3.63, 3.8) is 0 Å². The number of aromatic nitrogens is 4. The van der Waals surface area contributed by atoms with Crippen LogP contribution in [-0.4, -0.2) is 25.7 Å². The van der Waals surface area contributed by atoms with Gasteiger partial charge in [0.15, 0.2) is 6.61 Å². The number of carbonyl (C=O) groups excluding carboxylic acids is 1. The van der Waals surface area contributed by atoms with Crippen molar-refractivity contribution in [2.45, 2.75) is 13.5 Å². The third-order valence-corrected chi connectivity index (χ3v) is 5.34. The predicted molar refractivity (Wildman–Crippen MR) is 98.4 cm³/mol. The van der Waals surface area contributed by atoms with Crippen LogP contribution in [0.4, 0.5) is 0 Å². The first-order valence-electron chi connectivity index (χ1n) is 7.64. The van der Waals surface area contributed by atoms with E-state index in [0.29, 0.717) is 5.89 Å². The SMILES string of the molecule is Cc1oc2ncn(C)c(=O)c2c1C(=O)OCc1nnc(-c2ccc(Br)s2)o1. The van der Waals surface area contributed by atoms with Gasteiger partial charge in [-0.3, -0.25) is 4.79 Å². The lowest BCUT2D eigenvalue weighted by atomic mass is 10.2. The first-order valence-corrected chi connectivity index (χ1v) is 9.25. The number of halogens is 1. The molecule has 11 heteroatoms. The summed E-state index contributed by atoms with van der Waals surface area (Å²) in [4.78, 5) is 29.6. The van der Waals surface area contributed by atoms with Gasteiger partial charge in [-0.05, 0) is 35.0 Å². The van der Waals surface area contributed by atoms with Gasteiger partial charge >= 0.3 is 5.97 Å². The minimum absolute atomic E-state index is 0.0422. The fourth-order valence-corrected chi connectivity index (χ4v) is 3.78. The average molecular weight is 451 g/mol. The topological polar surface area (TPSA) is 113 Å². The number of thiophene rings is 1. The van der Waals surface area contributed by atoms with Crippen LogP contribution in [0.15, 0.2) is 35.9 Å². The molecular formula is C16H11BrN4O5S. The molecule has 0 aromatic carbocycles. The number of esters is 1. The average Bonchev–Trinajstić information content (AvgIpc) is 3.34. The van der Waals surface area contributed by atoms with Gasteiger partial charge in [-0.1, -0.05) is 0 Å². The zero-order chi connectivity index (χ0) is 19.1. The van der Waals surface area contributed by atoms with Crippen molar-refractivity contribution in [1.82, 2.24) is 19.7 Å². The highest BCUT2D eigenvalue weighted by Crippen LogP contribution is 2.30. The summed E-state index contributed by atoms with van der Waals surface area (Å²) in [7, 11) is 1.54. The molecule has 27 heavy (non-hydrogen) atoms. The van der Waals surface area contributed by atoms with E-state index >= 15 is 0 Å². The Morgan fingerprint density at radius 3 is 2.89 bits per heavy atom. The molecule has 0 amide bonds. The molecular weight excluding hydrogens is 440 g/mol. The Bertz CT molecular complexity index is 1220.